The van der Waals surface area contributed by atoms with Gasteiger partial charge in [0.05, 0.1) is 31.3 Å². The molecule has 6 aliphatic rings. The van der Waals surface area contributed by atoms with Crippen molar-refractivity contribution in [3.8, 4) is 17.9 Å². The second kappa shape index (κ2) is 8.18. The summed E-state index contributed by atoms with van der Waals surface area (Å²) in [4.78, 5) is 17.1. The lowest BCUT2D eigenvalue weighted by Gasteiger charge is -2.57. The van der Waals surface area contributed by atoms with E-state index in [2.05, 4.69) is 12.1 Å². The van der Waals surface area contributed by atoms with E-state index >= 15 is 9.18 Å². The minimum absolute atomic E-state index is 0.0892. The maximum absolute atomic E-state index is 15.7. The Hall–Kier alpha value is -3.64. The molecule has 0 radical (unpaired) electrons. The lowest BCUT2D eigenvalue weighted by Crippen LogP contribution is -2.56. The molecule has 2 heterocycles. The molecule has 2 aliphatic heterocycles. The van der Waals surface area contributed by atoms with Crippen LogP contribution in [0.25, 0.3) is 6.08 Å². The molecule has 5 fully saturated rings. The summed E-state index contributed by atoms with van der Waals surface area (Å²) in [6, 6.07) is 15.4. The summed E-state index contributed by atoms with van der Waals surface area (Å²) in [5.74, 6) is 0.707. The number of hydrogen-bond donors (Lipinski definition) is 0. The minimum atomic E-state index is -1.65. The Morgan fingerprint density at radius 2 is 1.68 bits per heavy atom. The molecule has 0 unspecified atom stereocenters. The van der Waals surface area contributed by atoms with Crippen LogP contribution in [0.3, 0.4) is 0 Å². The normalized spacial score (nSPS) is 35.2. The molecule has 192 valence electrons. The van der Waals surface area contributed by atoms with Crippen molar-refractivity contribution in [2.45, 2.75) is 56.5 Å². The van der Waals surface area contributed by atoms with Gasteiger partial charge in [-0.25, -0.2) is 4.39 Å². The minimum Gasteiger partial charge on any atom is -0.497 e. The first-order valence-electron chi connectivity index (χ1n) is 13.7. The highest BCUT2D eigenvalue weighted by molar-refractivity contribution is 5.97. The number of ether oxygens (including phenoxy) is 1. The van der Waals surface area contributed by atoms with Crippen molar-refractivity contribution in [3.05, 3.63) is 65.5 Å². The number of anilines is 1. The van der Waals surface area contributed by atoms with Crippen molar-refractivity contribution in [1.82, 2.24) is 0 Å². The summed E-state index contributed by atoms with van der Waals surface area (Å²) in [7, 11) is 1.51. The fraction of sp³-hybridized carbons (Fsp3) is 0.469. The number of ketones is 1. The van der Waals surface area contributed by atoms with Crippen molar-refractivity contribution >= 4 is 17.5 Å². The van der Waals surface area contributed by atoms with Crippen LogP contribution >= 0.6 is 0 Å². The number of nitrogens with zero attached hydrogens (tertiary/aromatic N) is 3. The number of para-hydroxylation sites is 1. The first-order chi connectivity index (χ1) is 18.4. The average Bonchev–Trinajstić information content (AvgIpc) is 3.23. The van der Waals surface area contributed by atoms with E-state index in [0.29, 0.717) is 23.5 Å². The van der Waals surface area contributed by atoms with E-state index in [1.165, 1.54) is 38.5 Å². The van der Waals surface area contributed by atoms with E-state index in [9.17, 15) is 10.5 Å². The zero-order valence-electron chi connectivity index (χ0n) is 21.4. The molecular weight excluding hydrogens is 477 g/mol. The van der Waals surface area contributed by atoms with Gasteiger partial charge in [-0.1, -0.05) is 30.4 Å². The first kappa shape index (κ1) is 23.5. The lowest BCUT2D eigenvalue weighted by molar-refractivity contribution is -0.145. The highest BCUT2D eigenvalue weighted by Crippen LogP contribution is 2.64. The van der Waals surface area contributed by atoms with Gasteiger partial charge in [-0.2, -0.15) is 10.5 Å². The standard InChI is InChI=1S/C32H30FN3O2/c1-38-23-7-8-25(33)24(13-23)28-29(30(37)31-14-19-10-20(15-31)12-21(11-19)16-31)36-26-5-3-2-4-22(26)6-9-27(36)32(28,17-34)18-35/h2-9,13,19-21,27-29H,10-12,14-16H2,1H3/t19?,20?,21?,27-,28-,29+,31?/m1/s1. The second-order valence-corrected chi connectivity index (χ2v) is 12.2. The molecular formula is C32H30FN3O2. The maximum Gasteiger partial charge on any atom is 0.176 e. The molecule has 0 spiro atoms. The number of rotatable bonds is 4. The molecule has 3 atom stereocenters. The van der Waals surface area contributed by atoms with Crippen LogP contribution in [-0.2, 0) is 4.79 Å². The van der Waals surface area contributed by atoms with Crippen LogP contribution in [0.2, 0.25) is 0 Å². The molecule has 4 saturated carbocycles. The largest absolute Gasteiger partial charge is 0.497 e. The number of methoxy groups -OCH3 is 1. The Morgan fingerprint density at radius 1 is 1.03 bits per heavy atom. The van der Waals surface area contributed by atoms with Crippen LogP contribution in [0.5, 0.6) is 5.75 Å². The summed E-state index contributed by atoms with van der Waals surface area (Å²) in [6.45, 7) is 0. The van der Waals surface area contributed by atoms with Crippen molar-refractivity contribution < 1.29 is 13.9 Å². The zero-order valence-corrected chi connectivity index (χ0v) is 21.4. The predicted molar refractivity (Wildman–Crippen MR) is 140 cm³/mol. The van der Waals surface area contributed by atoms with Gasteiger partial charge in [0.15, 0.2) is 11.2 Å². The molecule has 38 heavy (non-hydrogen) atoms. The van der Waals surface area contributed by atoms with E-state index in [-0.39, 0.29) is 11.3 Å². The van der Waals surface area contributed by atoms with Crippen LogP contribution in [0, 0.1) is 57.1 Å². The number of carbonyl (C=O) groups is 1. The molecule has 4 aliphatic carbocycles. The fourth-order valence-electron chi connectivity index (χ4n) is 9.19. The lowest BCUT2D eigenvalue weighted by atomic mass is 9.47. The van der Waals surface area contributed by atoms with E-state index in [1.54, 1.807) is 6.07 Å². The Balaban J connectivity index is 1.47. The Kier molecular flexibility index (Phi) is 5.05. The van der Waals surface area contributed by atoms with Gasteiger partial charge >= 0.3 is 0 Å². The van der Waals surface area contributed by atoms with Crippen molar-refractivity contribution in [2.75, 3.05) is 12.0 Å². The van der Waals surface area contributed by atoms with Crippen molar-refractivity contribution in [1.29, 1.82) is 10.5 Å². The number of benzene rings is 2. The van der Waals surface area contributed by atoms with Crippen molar-refractivity contribution in [2.24, 2.45) is 28.6 Å². The van der Waals surface area contributed by atoms with Crippen LogP contribution < -0.4 is 9.64 Å². The average molecular weight is 508 g/mol. The SMILES string of the molecule is COc1ccc(F)c([C@@H]2[C@@H](C(=O)C34CC5CC(CC(C5)C3)C4)N3c4ccccc4C=C[C@@H]3C2(C#N)C#N)c1. The Labute approximate surface area is 222 Å². The van der Waals surface area contributed by atoms with E-state index < -0.39 is 34.6 Å². The molecule has 2 aromatic carbocycles. The van der Waals surface area contributed by atoms with Gasteiger partial charge in [0.1, 0.15) is 11.6 Å². The van der Waals surface area contributed by atoms with Crippen LogP contribution in [0.1, 0.15) is 55.6 Å². The third-order valence-electron chi connectivity index (χ3n) is 10.3. The maximum atomic E-state index is 15.7. The van der Waals surface area contributed by atoms with Crippen LogP contribution in [0.15, 0.2) is 48.5 Å². The number of hydrogen-bond acceptors (Lipinski definition) is 5. The number of fused-ring (bicyclic) bond motifs is 3. The predicted octanol–water partition coefficient (Wildman–Crippen LogP) is 6.02. The van der Waals surface area contributed by atoms with E-state index in [4.69, 9.17) is 4.74 Å². The third kappa shape index (κ3) is 3.04. The Morgan fingerprint density at radius 3 is 2.32 bits per heavy atom. The van der Waals surface area contributed by atoms with Crippen LogP contribution in [0.4, 0.5) is 10.1 Å². The van der Waals surface area contributed by atoms with Gasteiger partial charge < -0.3 is 9.64 Å². The smallest absolute Gasteiger partial charge is 0.176 e. The summed E-state index contributed by atoms with van der Waals surface area (Å²) >= 11 is 0. The fourth-order valence-corrected chi connectivity index (χ4v) is 9.19. The molecule has 0 N–H and O–H groups in total. The van der Waals surface area contributed by atoms with Gasteiger partial charge in [-0.3, -0.25) is 4.79 Å². The van der Waals surface area contributed by atoms with E-state index in [0.717, 1.165) is 30.5 Å². The number of carbonyl (C=O) groups excluding carboxylic acids is 1. The molecule has 0 aromatic heterocycles. The molecule has 1 saturated heterocycles. The summed E-state index contributed by atoms with van der Waals surface area (Å²) in [5.41, 5.74) is -0.169. The topological polar surface area (TPSA) is 77.1 Å². The highest BCUT2D eigenvalue weighted by atomic mass is 19.1. The monoisotopic (exact) mass is 507 g/mol. The molecule has 5 nitrogen and oxygen atoms in total. The number of Topliss-reactive ketones (excluding diaryl/α,β-unsaturated/α-hetero) is 1. The summed E-state index contributed by atoms with van der Waals surface area (Å²) < 4.78 is 21.2. The van der Waals surface area contributed by atoms with Gasteiger partial charge in [0.2, 0.25) is 0 Å². The van der Waals surface area contributed by atoms with E-state index in [1.807, 2.05) is 41.3 Å². The zero-order chi connectivity index (χ0) is 26.2. The van der Waals surface area contributed by atoms with Crippen LogP contribution in [-0.4, -0.2) is 25.0 Å². The second-order valence-electron chi connectivity index (χ2n) is 12.2. The number of nitriles is 2. The summed E-state index contributed by atoms with van der Waals surface area (Å²) in [6.07, 6.45) is 9.98. The summed E-state index contributed by atoms with van der Waals surface area (Å²) in [5, 5.41) is 21.4. The molecule has 8 rings (SSSR count). The third-order valence-corrected chi connectivity index (χ3v) is 10.3. The van der Waals surface area contributed by atoms with Crippen molar-refractivity contribution in [3.63, 3.8) is 0 Å². The quantitative estimate of drug-likeness (QED) is 0.506. The molecule has 6 heteroatoms. The Bertz CT molecular complexity index is 1400. The van der Waals surface area contributed by atoms with Gasteiger partial charge in [0, 0.05) is 17.0 Å². The molecule has 2 aromatic rings. The molecule has 4 bridgehead atoms. The van der Waals surface area contributed by atoms with Gasteiger partial charge in [-0.05, 0) is 91.7 Å². The highest BCUT2D eigenvalue weighted by Gasteiger charge is 2.67. The first-order valence-corrected chi connectivity index (χ1v) is 13.7. The van der Waals surface area contributed by atoms with Gasteiger partial charge in [-0.15, -0.1) is 0 Å². The molecule has 0 amide bonds. The number of halogens is 1. The van der Waals surface area contributed by atoms with Gasteiger partial charge in [0.25, 0.3) is 0 Å².